The van der Waals surface area contributed by atoms with Crippen LogP contribution < -0.4 is 14.4 Å². The monoisotopic (exact) mass is 392 g/mol. The fourth-order valence-electron chi connectivity index (χ4n) is 2.98. The van der Waals surface area contributed by atoms with Crippen LogP contribution >= 0.6 is 0 Å². The summed E-state index contributed by atoms with van der Waals surface area (Å²) in [5.41, 5.74) is 0.986. The van der Waals surface area contributed by atoms with Crippen LogP contribution in [0.2, 0.25) is 0 Å². The standard InChI is InChI=1S/C19H21FN2O4S/c1-3-26-15-5-7-16(8-6-15)27(24,25)21-18-10-11-22(19(18)23)14-4-9-17(20)13(2)12-14/h4-9,12,18,21H,3,10-11H2,1-2H3/t18-/m0/s1. The molecule has 6 nitrogen and oxygen atoms in total. The van der Waals surface area contributed by atoms with E-state index in [1.807, 2.05) is 6.92 Å². The molecule has 2 aromatic carbocycles. The molecule has 2 aromatic rings. The summed E-state index contributed by atoms with van der Waals surface area (Å²) in [6.07, 6.45) is 0.339. The Hall–Kier alpha value is -2.45. The van der Waals surface area contributed by atoms with E-state index in [2.05, 4.69) is 4.72 Å². The Morgan fingerprint density at radius 1 is 1.22 bits per heavy atom. The van der Waals surface area contributed by atoms with Gasteiger partial charge in [0.2, 0.25) is 15.9 Å². The second-order valence-corrected chi connectivity index (χ2v) is 8.00. The number of amides is 1. The molecular weight excluding hydrogens is 371 g/mol. The lowest BCUT2D eigenvalue weighted by atomic mass is 10.2. The summed E-state index contributed by atoms with van der Waals surface area (Å²) in [4.78, 5) is 14.2. The zero-order valence-electron chi connectivity index (χ0n) is 15.1. The van der Waals surface area contributed by atoms with Crippen LogP contribution in [0.25, 0.3) is 0 Å². The number of hydrogen-bond donors (Lipinski definition) is 1. The molecule has 0 aliphatic carbocycles. The molecule has 3 rings (SSSR count). The minimum Gasteiger partial charge on any atom is -0.494 e. The lowest BCUT2D eigenvalue weighted by Gasteiger charge is -2.18. The SMILES string of the molecule is CCOc1ccc(S(=O)(=O)N[C@H]2CCN(c3ccc(F)c(C)c3)C2=O)cc1. The fraction of sp³-hybridized carbons (Fsp3) is 0.316. The molecule has 8 heteroatoms. The topological polar surface area (TPSA) is 75.7 Å². The van der Waals surface area contributed by atoms with Gasteiger partial charge in [-0.3, -0.25) is 4.79 Å². The molecule has 1 N–H and O–H groups in total. The van der Waals surface area contributed by atoms with Crippen molar-refractivity contribution in [3.63, 3.8) is 0 Å². The van der Waals surface area contributed by atoms with Gasteiger partial charge in [0.05, 0.1) is 11.5 Å². The highest BCUT2D eigenvalue weighted by Gasteiger charge is 2.35. The van der Waals surface area contributed by atoms with Crippen molar-refractivity contribution in [2.24, 2.45) is 0 Å². The Bertz CT molecular complexity index is 945. The smallest absolute Gasteiger partial charge is 0.245 e. The summed E-state index contributed by atoms with van der Waals surface area (Å²) >= 11 is 0. The average Bonchev–Trinajstić information content (AvgIpc) is 2.98. The zero-order valence-corrected chi connectivity index (χ0v) is 15.9. The number of halogens is 1. The third kappa shape index (κ3) is 4.12. The first-order valence-corrected chi connectivity index (χ1v) is 10.1. The summed E-state index contributed by atoms with van der Waals surface area (Å²) in [6, 6.07) is 9.56. The molecule has 1 fully saturated rings. The Morgan fingerprint density at radius 2 is 1.93 bits per heavy atom. The molecule has 1 aliphatic rings. The van der Waals surface area contributed by atoms with Crippen molar-refractivity contribution in [1.29, 1.82) is 0 Å². The fourth-order valence-corrected chi connectivity index (χ4v) is 4.20. The molecule has 0 saturated carbocycles. The maximum Gasteiger partial charge on any atom is 0.245 e. The third-order valence-corrected chi connectivity index (χ3v) is 5.89. The van der Waals surface area contributed by atoms with Gasteiger partial charge in [0.1, 0.15) is 17.6 Å². The van der Waals surface area contributed by atoms with E-state index in [0.717, 1.165) is 0 Å². The summed E-state index contributed by atoms with van der Waals surface area (Å²) < 4.78 is 46.4. The van der Waals surface area contributed by atoms with Crippen molar-refractivity contribution in [2.75, 3.05) is 18.1 Å². The number of benzene rings is 2. The van der Waals surface area contributed by atoms with Crippen molar-refractivity contribution < 1.29 is 22.3 Å². The first kappa shape index (κ1) is 19.3. The predicted molar refractivity (Wildman–Crippen MR) is 99.8 cm³/mol. The number of ether oxygens (including phenoxy) is 1. The minimum absolute atomic E-state index is 0.0647. The summed E-state index contributed by atoms with van der Waals surface area (Å²) in [5.74, 6) is -0.125. The molecule has 0 radical (unpaired) electrons. The van der Waals surface area contributed by atoms with Crippen LogP contribution in [-0.4, -0.2) is 33.5 Å². The molecule has 1 saturated heterocycles. The first-order valence-electron chi connectivity index (χ1n) is 8.64. The van der Waals surface area contributed by atoms with Crippen molar-refractivity contribution in [3.05, 3.63) is 53.8 Å². The van der Waals surface area contributed by atoms with Crippen LogP contribution in [0.1, 0.15) is 18.9 Å². The van der Waals surface area contributed by atoms with Gasteiger partial charge in [-0.2, -0.15) is 4.72 Å². The molecule has 0 bridgehead atoms. The Balaban J connectivity index is 1.73. The normalized spacial score (nSPS) is 17.4. The van der Waals surface area contributed by atoms with Gasteiger partial charge in [-0.15, -0.1) is 0 Å². The van der Waals surface area contributed by atoms with Crippen LogP contribution in [0.3, 0.4) is 0 Å². The van der Waals surface area contributed by atoms with Crippen LogP contribution in [0.15, 0.2) is 47.4 Å². The van der Waals surface area contributed by atoms with Crippen molar-refractivity contribution >= 4 is 21.6 Å². The maximum absolute atomic E-state index is 13.4. The Labute approximate surface area is 158 Å². The number of nitrogens with one attached hydrogen (secondary N) is 1. The van der Waals surface area contributed by atoms with Crippen molar-refractivity contribution in [1.82, 2.24) is 4.72 Å². The first-order chi connectivity index (χ1) is 12.8. The van der Waals surface area contributed by atoms with Crippen molar-refractivity contribution in [3.8, 4) is 5.75 Å². The van der Waals surface area contributed by atoms with Gasteiger partial charge in [-0.1, -0.05) is 0 Å². The molecule has 1 amide bonds. The number of nitrogens with zero attached hydrogens (tertiary/aromatic N) is 1. The number of carbonyl (C=O) groups is 1. The van der Waals surface area contributed by atoms with Gasteiger partial charge in [-0.25, -0.2) is 12.8 Å². The van der Waals surface area contributed by atoms with Crippen LogP contribution in [0.4, 0.5) is 10.1 Å². The largest absolute Gasteiger partial charge is 0.494 e. The number of carbonyl (C=O) groups excluding carboxylic acids is 1. The second-order valence-electron chi connectivity index (χ2n) is 6.29. The van der Waals surface area contributed by atoms with E-state index >= 15 is 0 Å². The van der Waals surface area contributed by atoms with Gasteiger partial charge < -0.3 is 9.64 Å². The van der Waals surface area contributed by atoms with E-state index < -0.39 is 16.1 Å². The lowest BCUT2D eigenvalue weighted by molar-refractivity contribution is -0.118. The molecule has 1 aliphatic heterocycles. The average molecular weight is 392 g/mol. The van der Waals surface area contributed by atoms with Gasteiger partial charge in [0.15, 0.2) is 0 Å². The molecule has 1 heterocycles. The predicted octanol–water partition coefficient (Wildman–Crippen LogP) is 2.62. The number of sulfonamides is 1. The van der Waals surface area contributed by atoms with Gasteiger partial charge in [0.25, 0.3) is 0 Å². The molecule has 0 spiro atoms. The Kier molecular flexibility index (Phi) is 5.48. The molecular formula is C19H21FN2O4S. The van der Waals surface area contributed by atoms with E-state index in [1.165, 1.54) is 29.2 Å². The molecule has 1 atom stereocenters. The maximum atomic E-state index is 13.4. The lowest BCUT2D eigenvalue weighted by Crippen LogP contribution is -2.41. The number of anilines is 1. The summed E-state index contributed by atoms with van der Waals surface area (Å²) in [6.45, 7) is 4.30. The molecule has 144 valence electrons. The highest BCUT2D eigenvalue weighted by molar-refractivity contribution is 7.89. The molecule has 0 unspecified atom stereocenters. The highest BCUT2D eigenvalue weighted by Crippen LogP contribution is 2.25. The molecule has 0 aromatic heterocycles. The number of aryl methyl sites for hydroxylation is 1. The van der Waals surface area contributed by atoms with Gasteiger partial charge >= 0.3 is 0 Å². The minimum atomic E-state index is -3.84. The zero-order chi connectivity index (χ0) is 19.6. The summed E-state index contributed by atoms with van der Waals surface area (Å²) in [5, 5.41) is 0. The van der Waals surface area contributed by atoms with E-state index in [-0.39, 0.29) is 16.6 Å². The van der Waals surface area contributed by atoms with Crippen molar-refractivity contribution in [2.45, 2.75) is 31.2 Å². The van der Waals surface area contributed by atoms with E-state index in [4.69, 9.17) is 4.74 Å². The van der Waals surface area contributed by atoms with Gasteiger partial charge in [-0.05, 0) is 68.3 Å². The Morgan fingerprint density at radius 3 is 2.56 bits per heavy atom. The second kappa shape index (κ2) is 7.66. The summed E-state index contributed by atoms with van der Waals surface area (Å²) in [7, 11) is -3.84. The van der Waals surface area contributed by atoms with E-state index in [1.54, 1.807) is 25.1 Å². The quantitative estimate of drug-likeness (QED) is 0.820. The van der Waals surface area contributed by atoms with E-state index in [0.29, 0.717) is 36.6 Å². The third-order valence-electron chi connectivity index (χ3n) is 4.40. The van der Waals surface area contributed by atoms with Crippen LogP contribution in [0, 0.1) is 12.7 Å². The van der Waals surface area contributed by atoms with Crippen LogP contribution in [-0.2, 0) is 14.8 Å². The number of hydrogen-bond acceptors (Lipinski definition) is 4. The van der Waals surface area contributed by atoms with E-state index in [9.17, 15) is 17.6 Å². The van der Waals surface area contributed by atoms with Gasteiger partial charge in [0, 0.05) is 12.2 Å². The number of rotatable bonds is 6. The van der Waals surface area contributed by atoms with Crippen LogP contribution in [0.5, 0.6) is 5.75 Å². The molecule has 27 heavy (non-hydrogen) atoms. The highest BCUT2D eigenvalue weighted by atomic mass is 32.2.